The highest BCUT2D eigenvalue weighted by molar-refractivity contribution is 5.53. The molecule has 0 aliphatic heterocycles. The SMILES string of the molecule is CC(N=CN)=C1CCC(C)(c2ccccc2)CC1. The third-order valence-electron chi connectivity index (χ3n) is 4.21. The van der Waals surface area contributed by atoms with Crippen LogP contribution in [0.2, 0.25) is 0 Å². The minimum atomic E-state index is 0.317. The molecule has 0 radical (unpaired) electrons. The van der Waals surface area contributed by atoms with Crippen LogP contribution < -0.4 is 5.73 Å². The predicted molar refractivity (Wildman–Crippen MR) is 77.6 cm³/mol. The first-order chi connectivity index (χ1) is 8.65. The van der Waals surface area contributed by atoms with E-state index in [-0.39, 0.29) is 0 Å². The topological polar surface area (TPSA) is 38.4 Å². The molecule has 2 rings (SSSR count). The van der Waals surface area contributed by atoms with E-state index in [0.29, 0.717) is 5.41 Å². The summed E-state index contributed by atoms with van der Waals surface area (Å²) >= 11 is 0. The molecule has 0 aromatic heterocycles. The van der Waals surface area contributed by atoms with Gasteiger partial charge in [-0.05, 0) is 49.2 Å². The second kappa shape index (κ2) is 5.38. The molecule has 1 aliphatic rings. The summed E-state index contributed by atoms with van der Waals surface area (Å²) in [5.74, 6) is 0. The van der Waals surface area contributed by atoms with E-state index >= 15 is 0 Å². The molecule has 0 heterocycles. The van der Waals surface area contributed by atoms with Gasteiger partial charge < -0.3 is 5.73 Å². The molecular weight excluding hydrogens is 220 g/mol. The first-order valence-corrected chi connectivity index (χ1v) is 6.64. The van der Waals surface area contributed by atoms with Crippen molar-refractivity contribution in [2.45, 2.75) is 44.9 Å². The van der Waals surface area contributed by atoms with Crippen LogP contribution in [0, 0.1) is 0 Å². The Morgan fingerprint density at radius 3 is 2.39 bits per heavy atom. The lowest BCUT2D eigenvalue weighted by Gasteiger charge is -2.35. The summed E-state index contributed by atoms with van der Waals surface area (Å²) in [5.41, 5.74) is 9.70. The van der Waals surface area contributed by atoms with Crippen molar-refractivity contribution in [2.24, 2.45) is 10.7 Å². The Morgan fingerprint density at radius 2 is 1.83 bits per heavy atom. The Balaban J connectivity index is 2.13. The van der Waals surface area contributed by atoms with Gasteiger partial charge in [-0.15, -0.1) is 0 Å². The molecule has 1 aromatic rings. The fraction of sp³-hybridized carbons (Fsp3) is 0.438. The largest absolute Gasteiger partial charge is 0.390 e. The van der Waals surface area contributed by atoms with E-state index in [1.165, 1.54) is 30.3 Å². The van der Waals surface area contributed by atoms with Gasteiger partial charge in [-0.3, -0.25) is 0 Å². The summed E-state index contributed by atoms with van der Waals surface area (Å²) in [4.78, 5) is 4.20. The number of aliphatic imine (C=N–C) groups is 1. The maximum atomic E-state index is 5.35. The van der Waals surface area contributed by atoms with Gasteiger partial charge in [0.15, 0.2) is 0 Å². The smallest absolute Gasteiger partial charge is 0.0856 e. The molecule has 0 atom stereocenters. The van der Waals surface area contributed by atoms with Crippen LogP contribution in [0.4, 0.5) is 0 Å². The standard InChI is InChI=1S/C16H22N2/c1-13(18-12-17)14-8-10-16(2,11-9-14)15-6-4-3-5-7-15/h3-7,12H,8-11H2,1-2H3,(H2,17,18). The molecule has 0 saturated heterocycles. The highest BCUT2D eigenvalue weighted by atomic mass is 14.8. The molecule has 0 bridgehead atoms. The maximum Gasteiger partial charge on any atom is 0.0856 e. The van der Waals surface area contributed by atoms with Crippen LogP contribution in [-0.4, -0.2) is 6.34 Å². The van der Waals surface area contributed by atoms with Crippen molar-refractivity contribution in [3.8, 4) is 0 Å². The second-order valence-electron chi connectivity index (χ2n) is 5.39. The number of hydrogen-bond donors (Lipinski definition) is 1. The van der Waals surface area contributed by atoms with Gasteiger partial charge in [-0.2, -0.15) is 0 Å². The van der Waals surface area contributed by atoms with Crippen molar-refractivity contribution in [1.29, 1.82) is 0 Å². The normalized spacial score (nSPS) is 24.4. The number of hydrogen-bond acceptors (Lipinski definition) is 1. The number of nitrogens with two attached hydrogens (primary N) is 1. The minimum Gasteiger partial charge on any atom is -0.390 e. The molecule has 18 heavy (non-hydrogen) atoms. The second-order valence-corrected chi connectivity index (χ2v) is 5.39. The van der Waals surface area contributed by atoms with E-state index in [0.717, 1.165) is 18.5 Å². The van der Waals surface area contributed by atoms with Crippen LogP contribution >= 0.6 is 0 Å². The van der Waals surface area contributed by atoms with Crippen LogP contribution in [0.1, 0.15) is 45.1 Å². The molecule has 2 nitrogen and oxygen atoms in total. The van der Waals surface area contributed by atoms with Crippen molar-refractivity contribution >= 4 is 6.34 Å². The summed E-state index contributed by atoms with van der Waals surface area (Å²) in [6.07, 6.45) is 6.06. The number of rotatable bonds is 2. The quantitative estimate of drug-likeness (QED) is 0.622. The van der Waals surface area contributed by atoms with Crippen molar-refractivity contribution < 1.29 is 0 Å². The van der Waals surface area contributed by atoms with Gasteiger partial charge >= 0.3 is 0 Å². The predicted octanol–water partition coefficient (Wildman–Crippen LogP) is 3.78. The van der Waals surface area contributed by atoms with E-state index in [9.17, 15) is 0 Å². The van der Waals surface area contributed by atoms with Crippen molar-refractivity contribution in [2.75, 3.05) is 0 Å². The Bertz CT molecular complexity index is 447. The molecule has 1 aliphatic carbocycles. The molecule has 96 valence electrons. The van der Waals surface area contributed by atoms with Crippen molar-refractivity contribution in [3.05, 3.63) is 47.2 Å². The average molecular weight is 242 g/mol. The van der Waals surface area contributed by atoms with E-state index < -0.39 is 0 Å². The van der Waals surface area contributed by atoms with Crippen LogP contribution in [0.15, 0.2) is 46.6 Å². The molecular formula is C16H22N2. The van der Waals surface area contributed by atoms with Gasteiger partial charge in [0.05, 0.1) is 6.34 Å². The van der Waals surface area contributed by atoms with Crippen LogP contribution in [0.5, 0.6) is 0 Å². The highest BCUT2D eigenvalue weighted by Gasteiger charge is 2.30. The van der Waals surface area contributed by atoms with Gasteiger partial charge in [0.2, 0.25) is 0 Å². The molecule has 2 N–H and O–H groups in total. The highest BCUT2D eigenvalue weighted by Crippen LogP contribution is 2.41. The summed E-state index contributed by atoms with van der Waals surface area (Å²) in [5, 5.41) is 0. The Hall–Kier alpha value is -1.57. The lowest BCUT2D eigenvalue weighted by atomic mass is 9.69. The lowest BCUT2D eigenvalue weighted by Crippen LogP contribution is -2.26. The monoisotopic (exact) mass is 242 g/mol. The van der Waals surface area contributed by atoms with Gasteiger partial charge in [0, 0.05) is 5.70 Å². The van der Waals surface area contributed by atoms with E-state index in [1.807, 2.05) is 0 Å². The van der Waals surface area contributed by atoms with Crippen molar-refractivity contribution in [3.63, 3.8) is 0 Å². The first-order valence-electron chi connectivity index (χ1n) is 6.64. The van der Waals surface area contributed by atoms with Crippen LogP contribution in [0.3, 0.4) is 0 Å². The molecule has 0 amide bonds. The lowest BCUT2D eigenvalue weighted by molar-refractivity contribution is 0.362. The number of benzene rings is 1. The zero-order valence-electron chi connectivity index (χ0n) is 11.3. The first kappa shape index (κ1) is 12.9. The number of nitrogens with zero attached hydrogens (tertiary/aromatic N) is 1. The van der Waals surface area contributed by atoms with Gasteiger partial charge in [0.1, 0.15) is 0 Å². The van der Waals surface area contributed by atoms with Gasteiger partial charge in [-0.25, -0.2) is 4.99 Å². The Kier molecular flexibility index (Phi) is 3.85. The number of allylic oxidation sites excluding steroid dienone is 2. The van der Waals surface area contributed by atoms with E-state index in [1.54, 1.807) is 0 Å². The zero-order chi connectivity index (χ0) is 13.0. The van der Waals surface area contributed by atoms with Crippen LogP contribution in [-0.2, 0) is 5.41 Å². The van der Waals surface area contributed by atoms with Gasteiger partial charge in [-0.1, -0.05) is 37.3 Å². The average Bonchev–Trinajstić information content (AvgIpc) is 2.41. The minimum absolute atomic E-state index is 0.317. The van der Waals surface area contributed by atoms with Crippen molar-refractivity contribution in [1.82, 2.24) is 0 Å². The molecule has 0 unspecified atom stereocenters. The maximum absolute atomic E-state index is 5.35. The van der Waals surface area contributed by atoms with E-state index in [4.69, 9.17) is 5.73 Å². The van der Waals surface area contributed by atoms with Crippen LogP contribution in [0.25, 0.3) is 0 Å². The Labute approximate surface area is 110 Å². The summed E-state index contributed by atoms with van der Waals surface area (Å²) in [6.45, 7) is 4.44. The van der Waals surface area contributed by atoms with Gasteiger partial charge in [0.25, 0.3) is 0 Å². The summed E-state index contributed by atoms with van der Waals surface area (Å²) in [6, 6.07) is 10.9. The van der Waals surface area contributed by atoms with E-state index in [2.05, 4.69) is 49.2 Å². The molecule has 0 spiro atoms. The third kappa shape index (κ3) is 2.63. The fourth-order valence-corrected chi connectivity index (χ4v) is 2.80. The zero-order valence-corrected chi connectivity index (χ0v) is 11.3. The molecule has 1 saturated carbocycles. The molecule has 1 aromatic carbocycles. The Morgan fingerprint density at radius 1 is 1.22 bits per heavy atom. The summed E-state index contributed by atoms with van der Waals surface area (Å²) < 4.78 is 0. The third-order valence-corrected chi connectivity index (χ3v) is 4.21. The molecule has 1 fully saturated rings. The molecule has 2 heteroatoms. The summed E-state index contributed by atoms with van der Waals surface area (Å²) in [7, 11) is 0. The fourth-order valence-electron chi connectivity index (χ4n) is 2.80.